The van der Waals surface area contributed by atoms with Crippen LogP contribution in [0.2, 0.25) is 0 Å². The van der Waals surface area contributed by atoms with Gasteiger partial charge in [-0.2, -0.15) is 0 Å². The third-order valence-electron chi connectivity index (χ3n) is 5.60. The molecule has 1 aromatic carbocycles. The van der Waals surface area contributed by atoms with Gasteiger partial charge in [-0.15, -0.1) is 0 Å². The van der Waals surface area contributed by atoms with Crippen LogP contribution in [-0.4, -0.2) is 44.8 Å². The van der Waals surface area contributed by atoms with E-state index >= 15 is 0 Å². The van der Waals surface area contributed by atoms with Gasteiger partial charge in [-0.3, -0.25) is 14.5 Å². The van der Waals surface area contributed by atoms with E-state index in [2.05, 4.69) is 20.6 Å². The van der Waals surface area contributed by atoms with Gasteiger partial charge in [0.25, 0.3) is 5.91 Å². The predicted octanol–water partition coefficient (Wildman–Crippen LogP) is 1.30. The standard InChI is InChI=1S/C18H21N5O4/c1-10-4-2-3-7-18(10)15(25)23(17(27)22-18)9-14(24)19-11-5-6-12-13(8-11)21-16(26)20-12/h5-6,8,10H,2-4,7,9H2,1H3,(H,19,24)(H,22,27)(H2,20,21,26)/t10-,18+/m0/s1. The second kappa shape index (κ2) is 6.26. The number of hydrogen-bond donors (Lipinski definition) is 4. The number of nitrogens with zero attached hydrogens (tertiary/aromatic N) is 1. The van der Waals surface area contributed by atoms with Crippen LogP contribution < -0.4 is 16.3 Å². The highest BCUT2D eigenvalue weighted by Crippen LogP contribution is 2.38. The molecule has 27 heavy (non-hydrogen) atoms. The Morgan fingerprint density at radius 3 is 2.78 bits per heavy atom. The summed E-state index contributed by atoms with van der Waals surface area (Å²) in [5.74, 6) is -0.750. The highest BCUT2D eigenvalue weighted by atomic mass is 16.2. The second-order valence-electron chi connectivity index (χ2n) is 7.33. The van der Waals surface area contributed by atoms with Crippen molar-refractivity contribution in [1.29, 1.82) is 0 Å². The lowest BCUT2D eigenvalue weighted by Crippen LogP contribution is -2.54. The zero-order valence-electron chi connectivity index (χ0n) is 14.9. The van der Waals surface area contributed by atoms with Crippen molar-refractivity contribution in [1.82, 2.24) is 20.2 Å². The fourth-order valence-corrected chi connectivity index (χ4v) is 4.09. The first kappa shape index (κ1) is 17.3. The smallest absolute Gasteiger partial charge is 0.324 e. The summed E-state index contributed by atoms with van der Waals surface area (Å²) < 4.78 is 0. The summed E-state index contributed by atoms with van der Waals surface area (Å²) in [7, 11) is 0. The molecule has 9 nitrogen and oxygen atoms in total. The van der Waals surface area contributed by atoms with E-state index < -0.39 is 17.5 Å². The minimum absolute atomic E-state index is 0.0450. The number of urea groups is 1. The van der Waals surface area contributed by atoms with Crippen LogP contribution in [0.3, 0.4) is 0 Å². The van der Waals surface area contributed by atoms with Crippen molar-refractivity contribution in [2.24, 2.45) is 5.92 Å². The lowest BCUT2D eigenvalue weighted by atomic mass is 9.73. The number of aromatic nitrogens is 2. The average Bonchev–Trinajstić information content (AvgIpc) is 3.10. The number of aromatic amines is 2. The molecule has 1 saturated carbocycles. The summed E-state index contributed by atoms with van der Waals surface area (Å²) in [6, 6.07) is 4.40. The van der Waals surface area contributed by atoms with E-state index in [9.17, 15) is 19.2 Å². The number of rotatable bonds is 3. The van der Waals surface area contributed by atoms with Crippen molar-refractivity contribution in [2.45, 2.75) is 38.1 Å². The van der Waals surface area contributed by atoms with Gasteiger partial charge >= 0.3 is 11.7 Å². The van der Waals surface area contributed by atoms with E-state index in [1.54, 1.807) is 18.2 Å². The van der Waals surface area contributed by atoms with Crippen LogP contribution in [0.25, 0.3) is 11.0 Å². The molecule has 142 valence electrons. The van der Waals surface area contributed by atoms with E-state index in [1.807, 2.05) is 6.92 Å². The molecule has 2 aliphatic rings. The topological polar surface area (TPSA) is 127 Å². The molecule has 4 N–H and O–H groups in total. The lowest BCUT2D eigenvalue weighted by Gasteiger charge is -2.36. The summed E-state index contributed by atoms with van der Waals surface area (Å²) in [4.78, 5) is 55.1. The number of H-pyrrole nitrogens is 2. The molecule has 1 aromatic heterocycles. The van der Waals surface area contributed by atoms with E-state index in [1.165, 1.54) is 0 Å². The molecule has 4 amide bonds. The van der Waals surface area contributed by atoms with E-state index in [-0.39, 0.29) is 24.1 Å². The Hall–Kier alpha value is -3.10. The molecule has 2 atom stereocenters. The van der Waals surface area contributed by atoms with Crippen molar-refractivity contribution in [3.8, 4) is 0 Å². The van der Waals surface area contributed by atoms with Gasteiger partial charge in [-0.25, -0.2) is 9.59 Å². The Kier molecular flexibility index (Phi) is 4.01. The number of benzene rings is 1. The Bertz CT molecular complexity index is 993. The molecule has 1 saturated heterocycles. The minimum Gasteiger partial charge on any atom is -0.324 e. The third kappa shape index (κ3) is 2.88. The number of fused-ring (bicyclic) bond motifs is 1. The number of carbonyl (C=O) groups is 3. The van der Waals surface area contributed by atoms with Gasteiger partial charge in [0.15, 0.2) is 0 Å². The molecular weight excluding hydrogens is 350 g/mol. The monoisotopic (exact) mass is 371 g/mol. The van der Waals surface area contributed by atoms with E-state index in [0.29, 0.717) is 23.1 Å². The number of imidazole rings is 1. The molecule has 1 spiro atoms. The number of hydrogen-bond acceptors (Lipinski definition) is 4. The van der Waals surface area contributed by atoms with Gasteiger partial charge < -0.3 is 20.6 Å². The molecule has 2 aromatic rings. The highest BCUT2D eigenvalue weighted by Gasteiger charge is 2.55. The van der Waals surface area contributed by atoms with Gasteiger partial charge in [0.2, 0.25) is 5.91 Å². The Morgan fingerprint density at radius 1 is 1.22 bits per heavy atom. The molecule has 0 radical (unpaired) electrons. The van der Waals surface area contributed by atoms with Gasteiger partial charge in [0.1, 0.15) is 12.1 Å². The molecule has 2 heterocycles. The Morgan fingerprint density at radius 2 is 2.00 bits per heavy atom. The SMILES string of the molecule is C[C@H]1CCCC[C@@]12NC(=O)N(CC(=O)Nc1ccc3[nH]c(=O)[nH]c3c1)C2=O. The van der Waals surface area contributed by atoms with Crippen molar-refractivity contribution in [3.05, 3.63) is 28.7 Å². The predicted molar refractivity (Wildman–Crippen MR) is 98.2 cm³/mol. The average molecular weight is 371 g/mol. The summed E-state index contributed by atoms with van der Waals surface area (Å²) in [5, 5.41) is 5.49. The van der Waals surface area contributed by atoms with Crippen LogP contribution in [0, 0.1) is 5.92 Å². The van der Waals surface area contributed by atoms with Crippen LogP contribution in [0.5, 0.6) is 0 Å². The van der Waals surface area contributed by atoms with E-state index in [4.69, 9.17) is 0 Å². The Balaban J connectivity index is 1.47. The zero-order chi connectivity index (χ0) is 19.2. The normalized spacial score (nSPS) is 25.2. The van der Waals surface area contributed by atoms with Gasteiger partial charge in [0, 0.05) is 5.69 Å². The van der Waals surface area contributed by atoms with Crippen molar-refractivity contribution < 1.29 is 14.4 Å². The number of carbonyl (C=O) groups excluding carboxylic acids is 3. The fraction of sp³-hybridized carbons (Fsp3) is 0.444. The third-order valence-corrected chi connectivity index (χ3v) is 5.60. The first-order valence-electron chi connectivity index (χ1n) is 9.05. The van der Waals surface area contributed by atoms with Gasteiger partial charge in [0.05, 0.1) is 11.0 Å². The summed E-state index contributed by atoms with van der Waals surface area (Å²) in [6.45, 7) is 1.62. The molecular formula is C18H21N5O4. The first-order chi connectivity index (χ1) is 12.9. The van der Waals surface area contributed by atoms with Crippen LogP contribution in [0.4, 0.5) is 10.5 Å². The quantitative estimate of drug-likeness (QED) is 0.606. The maximum absolute atomic E-state index is 12.9. The Labute approximate surface area is 154 Å². The number of nitrogens with one attached hydrogen (secondary N) is 4. The molecule has 1 aliphatic heterocycles. The molecule has 4 rings (SSSR count). The van der Waals surface area contributed by atoms with Gasteiger partial charge in [-0.05, 0) is 37.0 Å². The molecule has 9 heteroatoms. The zero-order valence-corrected chi connectivity index (χ0v) is 14.9. The van der Waals surface area contributed by atoms with Crippen LogP contribution >= 0.6 is 0 Å². The number of anilines is 1. The van der Waals surface area contributed by atoms with Crippen molar-refractivity contribution >= 4 is 34.6 Å². The lowest BCUT2D eigenvalue weighted by molar-refractivity contribution is -0.136. The minimum atomic E-state index is -0.876. The summed E-state index contributed by atoms with van der Waals surface area (Å²) in [5.41, 5.74) is 0.442. The molecule has 0 unspecified atom stereocenters. The fourth-order valence-electron chi connectivity index (χ4n) is 4.09. The number of amides is 4. The highest BCUT2D eigenvalue weighted by molar-refractivity contribution is 6.10. The van der Waals surface area contributed by atoms with Crippen molar-refractivity contribution in [2.75, 3.05) is 11.9 Å². The second-order valence-corrected chi connectivity index (χ2v) is 7.33. The van der Waals surface area contributed by atoms with Gasteiger partial charge in [-0.1, -0.05) is 19.8 Å². The van der Waals surface area contributed by atoms with Crippen molar-refractivity contribution in [3.63, 3.8) is 0 Å². The maximum atomic E-state index is 12.9. The molecule has 0 bridgehead atoms. The number of imide groups is 1. The van der Waals surface area contributed by atoms with Crippen LogP contribution in [0.15, 0.2) is 23.0 Å². The maximum Gasteiger partial charge on any atom is 0.325 e. The van der Waals surface area contributed by atoms with Crippen LogP contribution in [-0.2, 0) is 9.59 Å². The van der Waals surface area contributed by atoms with Crippen LogP contribution in [0.1, 0.15) is 32.6 Å². The largest absolute Gasteiger partial charge is 0.325 e. The summed E-state index contributed by atoms with van der Waals surface area (Å²) in [6.07, 6.45) is 3.40. The van der Waals surface area contributed by atoms with E-state index in [0.717, 1.165) is 24.2 Å². The molecule has 2 fully saturated rings. The molecule has 1 aliphatic carbocycles. The first-order valence-corrected chi connectivity index (χ1v) is 9.05. The summed E-state index contributed by atoms with van der Waals surface area (Å²) >= 11 is 0.